The Morgan fingerprint density at radius 1 is 1.35 bits per heavy atom. The van der Waals surface area contributed by atoms with E-state index in [0.29, 0.717) is 19.2 Å². The minimum Gasteiger partial charge on any atom is -0.389 e. The summed E-state index contributed by atoms with van der Waals surface area (Å²) in [5, 5.41) is 21.3. The molecule has 0 bridgehead atoms. The molecule has 0 aliphatic carbocycles. The fraction of sp³-hybridized carbons (Fsp3) is 0.545. The van der Waals surface area contributed by atoms with Gasteiger partial charge in [0, 0.05) is 38.9 Å². The summed E-state index contributed by atoms with van der Waals surface area (Å²) in [6.45, 7) is 5.80. The number of hydrogen-bond donors (Lipinski definition) is 3. The van der Waals surface area contributed by atoms with Crippen LogP contribution in [0.2, 0.25) is 0 Å². The number of nitrogens with one attached hydrogen (secondary N) is 2. The number of ether oxygens (including phenoxy) is 1. The van der Waals surface area contributed by atoms with Gasteiger partial charge in [0.15, 0.2) is 5.96 Å². The smallest absolute Gasteiger partial charge is 0.191 e. The number of aryl methyl sites for hydroxylation is 1. The first-order chi connectivity index (χ1) is 14.6. The number of aliphatic hydroxyl groups excluding tert-OH is 1. The number of piperidine rings is 1. The highest BCUT2D eigenvalue weighted by atomic mass is 127. The van der Waals surface area contributed by atoms with E-state index in [1.54, 1.807) is 0 Å². The fourth-order valence-electron chi connectivity index (χ4n) is 3.55. The Morgan fingerprint density at radius 2 is 2.16 bits per heavy atom. The maximum atomic E-state index is 10.2. The van der Waals surface area contributed by atoms with Crippen molar-refractivity contribution < 1.29 is 9.84 Å². The Kier molecular flexibility index (Phi) is 11.1. The van der Waals surface area contributed by atoms with Gasteiger partial charge in [0.25, 0.3) is 0 Å². The lowest BCUT2D eigenvalue weighted by Crippen LogP contribution is -2.51. The lowest BCUT2D eigenvalue weighted by Gasteiger charge is -2.34. The van der Waals surface area contributed by atoms with E-state index in [2.05, 4.69) is 25.6 Å². The van der Waals surface area contributed by atoms with E-state index in [4.69, 9.17) is 4.74 Å². The Labute approximate surface area is 202 Å². The molecule has 0 radical (unpaired) electrons. The highest BCUT2D eigenvalue weighted by Crippen LogP contribution is 2.18. The number of nitrogens with zero attached hydrogens (tertiary/aromatic N) is 4. The van der Waals surface area contributed by atoms with Gasteiger partial charge in [-0.2, -0.15) is 5.10 Å². The summed E-state index contributed by atoms with van der Waals surface area (Å²) in [4.78, 5) is 6.92. The van der Waals surface area contributed by atoms with Gasteiger partial charge in [0.2, 0.25) is 0 Å². The van der Waals surface area contributed by atoms with Crippen LogP contribution >= 0.6 is 24.0 Å². The maximum Gasteiger partial charge on any atom is 0.191 e. The van der Waals surface area contributed by atoms with Gasteiger partial charge in [-0.05, 0) is 25.3 Å². The summed E-state index contributed by atoms with van der Waals surface area (Å²) in [5.74, 6) is 0.734. The van der Waals surface area contributed by atoms with Crippen molar-refractivity contribution in [1.29, 1.82) is 0 Å². The zero-order valence-corrected chi connectivity index (χ0v) is 20.7. The van der Waals surface area contributed by atoms with E-state index in [1.165, 1.54) is 0 Å². The quantitative estimate of drug-likeness (QED) is 0.256. The molecular formula is C22H35IN6O2. The summed E-state index contributed by atoms with van der Waals surface area (Å²) in [6, 6.07) is 10.3. The average Bonchev–Trinajstić information content (AvgIpc) is 3.20. The van der Waals surface area contributed by atoms with Crippen molar-refractivity contribution in [3.8, 4) is 0 Å². The number of rotatable bonds is 9. The third-order valence-corrected chi connectivity index (χ3v) is 5.04. The molecule has 2 aromatic rings. The lowest BCUT2D eigenvalue weighted by atomic mass is 10.1. The average molecular weight is 542 g/mol. The second-order valence-corrected chi connectivity index (χ2v) is 7.68. The zero-order valence-electron chi connectivity index (χ0n) is 18.4. The summed E-state index contributed by atoms with van der Waals surface area (Å²) < 4.78 is 7.45. The van der Waals surface area contributed by atoms with Crippen molar-refractivity contribution in [2.24, 2.45) is 12.0 Å². The molecular weight excluding hydrogens is 507 g/mol. The van der Waals surface area contributed by atoms with Crippen LogP contribution in [-0.2, 0) is 18.4 Å². The predicted octanol–water partition coefficient (Wildman–Crippen LogP) is 2.14. The molecule has 1 aromatic heterocycles. The second-order valence-electron chi connectivity index (χ2n) is 7.68. The van der Waals surface area contributed by atoms with Crippen LogP contribution < -0.4 is 15.5 Å². The van der Waals surface area contributed by atoms with Crippen molar-refractivity contribution in [2.45, 2.75) is 38.5 Å². The van der Waals surface area contributed by atoms with Crippen molar-refractivity contribution in [1.82, 2.24) is 20.4 Å². The standard InChI is InChI=1S/C22H34N6O2.HI/c1-3-23-22(24-13-21(29)17-30-16-18-8-5-4-6-9-18)26-19-10-7-11-28(14-19)20-12-25-27(2)15-20;/h4-6,8-9,12,15,19,21,29H,3,7,10-11,13-14,16-17H2,1-2H3,(H2,23,24,26);1H. The summed E-state index contributed by atoms with van der Waals surface area (Å²) in [7, 11) is 1.94. The molecule has 31 heavy (non-hydrogen) atoms. The van der Waals surface area contributed by atoms with Crippen LogP contribution in [0.1, 0.15) is 25.3 Å². The van der Waals surface area contributed by atoms with Crippen LogP contribution in [0.25, 0.3) is 0 Å². The summed E-state index contributed by atoms with van der Waals surface area (Å²) in [6.07, 6.45) is 5.52. The molecule has 1 fully saturated rings. The lowest BCUT2D eigenvalue weighted by molar-refractivity contribution is 0.0331. The molecule has 0 saturated carbocycles. The largest absolute Gasteiger partial charge is 0.389 e. The highest BCUT2D eigenvalue weighted by molar-refractivity contribution is 14.0. The molecule has 172 valence electrons. The first-order valence-electron chi connectivity index (χ1n) is 10.7. The fourth-order valence-corrected chi connectivity index (χ4v) is 3.55. The van der Waals surface area contributed by atoms with Crippen LogP contribution in [0, 0.1) is 0 Å². The number of hydrogen-bond acceptors (Lipinski definition) is 5. The molecule has 0 amide bonds. The van der Waals surface area contributed by atoms with E-state index in [-0.39, 0.29) is 30.6 Å². The molecule has 0 spiro atoms. The number of halogens is 1. The minimum absolute atomic E-state index is 0. The van der Waals surface area contributed by atoms with Crippen LogP contribution in [0.5, 0.6) is 0 Å². The van der Waals surface area contributed by atoms with Crippen molar-refractivity contribution in [3.63, 3.8) is 0 Å². The normalized spacial score (nSPS) is 17.7. The van der Waals surface area contributed by atoms with Gasteiger partial charge in [-0.1, -0.05) is 30.3 Å². The van der Waals surface area contributed by atoms with Gasteiger partial charge in [0.05, 0.1) is 37.7 Å². The molecule has 1 saturated heterocycles. The topological polar surface area (TPSA) is 86.9 Å². The molecule has 1 aromatic carbocycles. The molecule has 1 aliphatic heterocycles. The SMILES string of the molecule is CCNC(=NCC(O)COCc1ccccc1)NC1CCCN(c2cnn(C)c2)C1.I. The van der Waals surface area contributed by atoms with Crippen molar-refractivity contribution >= 4 is 35.6 Å². The van der Waals surface area contributed by atoms with Gasteiger partial charge in [0.1, 0.15) is 0 Å². The Hall–Kier alpha value is -1.85. The first-order valence-corrected chi connectivity index (χ1v) is 10.7. The van der Waals surface area contributed by atoms with Crippen LogP contribution in [0.3, 0.4) is 0 Å². The van der Waals surface area contributed by atoms with E-state index >= 15 is 0 Å². The van der Waals surface area contributed by atoms with Gasteiger partial charge in [-0.25, -0.2) is 0 Å². The molecule has 2 heterocycles. The van der Waals surface area contributed by atoms with E-state index in [1.807, 2.05) is 61.4 Å². The first kappa shape index (κ1) is 25.4. The van der Waals surface area contributed by atoms with Crippen LogP contribution in [0.4, 0.5) is 5.69 Å². The number of aliphatic imine (C=N–C) groups is 1. The second kappa shape index (κ2) is 13.5. The molecule has 3 N–H and O–H groups in total. The number of aliphatic hydroxyl groups is 1. The van der Waals surface area contributed by atoms with Crippen LogP contribution in [-0.4, -0.2) is 65.8 Å². The van der Waals surface area contributed by atoms with Gasteiger partial charge >= 0.3 is 0 Å². The highest BCUT2D eigenvalue weighted by Gasteiger charge is 2.22. The molecule has 3 rings (SSSR count). The molecule has 9 heteroatoms. The van der Waals surface area contributed by atoms with Crippen LogP contribution in [0.15, 0.2) is 47.7 Å². The zero-order chi connectivity index (χ0) is 21.2. The molecule has 8 nitrogen and oxygen atoms in total. The molecule has 1 aliphatic rings. The third kappa shape index (κ3) is 8.66. The van der Waals surface area contributed by atoms with Gasteiger partial charge < -0.3 is 25.4 Å². The van der Waals surface area contributed by atoms with Crippen molar-refractivity contribution in [3.05, 3.63) is 48.3 Å². The summed E-state index contributed by atoms with van der Waals surface area (Å²) in [5.41, 5.74) is 2.25. The van der Waals surface area contributed by atoms with Gasteiger partial charge in [-0.15, -0.1) is 24.0 Å². The van der Waals surface area contributed by atoms with E-state index in [9.17, 15) is 5.11 Å². The Balaban J connectivity index is 0.00000341. The summed E-state index contributed by atoms with van der Waals surface area (Å²) >= 11 is 0. The number of anilines is 1. The number of aromatic nitrogens is 2. The van der Waals surface area contributed by atoms with E-state index in [0.717, 1.165) is 49.7 Å². The molecule has 2 atom stereocenters. The predicted molar refractivity (Wildman–Crippen MR) is 135 cm³/mol. The van der Waals surface area contributed by atoms with Gasteiger partial charge in [-0.3, -0.25) is 9.67 Å². The Morgan fingerprint density at radius 3 is 2.87 bits per heavy atom. The third-order valence-electron chi connectivity index (χ3n) is 5.04. The Bertz CT molecular complexity index is 785. The number of benzene rings is 1. The minimum atomic E-state index is -0.637. The number of guanidine groups is 1. The maximum absolute atomic E-state index is 10.2. The monoisotopic (exact) mass is 542 g/mol. The molecule has 2 unspecified atom stereocenters. The van der Waals surface area contributed by atoms with E-state index < -0.39 is 6.10 Å². The van der Waals surface area contributed by atoms with Crippen molar-refractivity contribution in [2.75, 3.05) is 37.7 Å².